The Hall–Kier alpha value is -7.38. The van der Waals surface area contributed by atoms with E-state index in [0.29, 0.717) is 11.3 Å². The normalized spacial score (nSPS) is 26.5. The summed E-state index contributed by atoms with van der Waals surface area (Å²) in [5.74, 6) is -4.80. The van der Waals surface area contributed by atoms with Gasteiger partial charge in [-0.3, -0.25) is 51.8 Å². The number of imide groups is 1. The van der Waals surface area contributed by atoms with Crippen LogP contribution in [-0.4, -0.2) is 194 Å². The number of Topliss-reactive ketones (excluding diaryl/α,β-unsaturated/α-hetero) is 1. The van der Waals surface area contributed by atoms with Gasteiger partial charge in [-0.15, -0.1) is 0 Å². The number of carbonyl (C=O) groups is 8. The van der Waals surface area contributed by atoms with Crippen LogP contribution >= 0.6 is 13.4 Å². The van der Waals surface area contributed by atoms with Crippen LogP contribution in [0.25, 0.3) is 22.3 Å². The number of nitrogens with two attached hydrogens (primary N) is 3. The minimum atomic E-state index is -4.44. The number of carbonyl (C=O) groups excluding carboxylic acids is 8. The molecule has 35 nitrogen and oxygen atoms in total. The second-order valence-corrected chi connectivity index (χ2v) is 28.1. The van der Waals surface area contributed by atoms with Gasteiger partial charge in [0.2, 0.25) is 23.6 Å². The van der Waals surface area contributed by atoms with E-state index in [1.54, 1.807) is 45.0 Å². The molecule has 92 heavy (non-hydrogen) atoms. The predicted molar refractivity (Wildman–Crippen MR) is 327 cm³/mol. The number of aromatic nitrogens is 8. The van der Waals surface area contributed by atoms with E-state index in [4.69, 9.17) is 77.9 Å². The van der Waals surface area contributed by atoms with Crippen molar-refractivity contribution in [3.63, 3.8) is 0 Å². The molecular weight excluding hydrogens is 1290 g/mol. The summed E-state index contributed by atoms with van der Waals surface area (Å²) in [6, 6.07) is 4.58. The zero-order valence-corrected chi connectivity index (χ0v) is 53.4. The summed E-state index contributed by atoms with van der Waals surface area (Å²) in [4.78, 5) is 154. The third-order valence-corrected chi connectivity index (χ3v) is 18.6. The molecule has 4 aliphatic heterocycles. The molecule has 12 N–H and O–H groups in total. The number of imidazole rings is 2. The Morgan fingerprint density at radius 2 is 1.45 bits per heavy atom. The maximum absolute atomic E-state index is 13.9. The number of ether oxygens (including phenoxy) is 4. The molecule has 0 radical (unpaired) electrons. The smallest absolute Gasteiger partial charge is 0.409 e. The number of aliphatic hydroxyl groups excluding tert-OH is 1. The van der Waals surface area contributed by atoms with Gasteiger partial charge in [-0.1, -0.05) is 32.9 Å². The van der Waals surface area contributed by atoms with E-state index < -0.39 is 129 Å². The summed E-state index contributed by atoms with van der Waals surface area (Å²) in [6.45, 7) is -5.25. The van der Waals surface area contributed by atoms with Crippen LogP contribution in [0.15, 0.2) is 49.6 Å². The van der Waals surface area contributed by atoms with Crippen LogP contribution in [0.2, 0.25) is 0 Å². The summed E-state index contributed by atoms with van der Waals surface area (Å²) in [6.07, 6.45) is -7.54. The van der Waals surface area contributed by atoms with E-state index >= 15 is 0 Å². The van der Waals surface area contributed by atoms with Crippen LogP contribution in [-0.2, 0) is 96.0 Å². The average molecular weight is 1360 g/mol. The molecule has 4 aliphatic rings. The highest BCUT2D eigenvalue weighted by atomic mass is 32.5. The number of nitrogens with zero attached hydrogens (tertiary/aromatic N) is 10. The fraction of sp³-hybridized carbons (Fsp3) is 0.547. The zero-order chi connectivity index (χ0) is 66.3. The second-order valence-electron chi connectivity index (χ2n) is 22.5. The first-order valence-electron chi connectivity index (χ1n) is 29.0. The lowest BCUT2D eigenvalue weighted by atomic mass is 9.89. The zero-order valence-electron chi connectivity index (χ0n) is 50.0. The van der Waals surface area contributed by atoms with Crippen LogP contribution in [0.5, 0.6) is 0 Å². The molecular formula is C53H70N16O19P2S2. The molecule has 4 aromatic heterocycles. The van der Waals surface area contributed by atoms with Crippen molar-refractivity contribution in [3.8, 4) is 0 Å². The fourth-order valence-corrected chi connectivity index (χ4v) is 13.5. The van der Waals surface area contributed by atoms with Gasteiger partial charge >= 0.3 is 31.5 Å². The molecule has 498 valence electrons. The Morgan fingerprint density at radius 3 is 2.05 bits per heavy atom. The van der Waals surface area contributed by atoms with Gasteiger partial charge in [0, 0.05) is 69.9 Å². The standard InChI is InChI=1S/C53H70N16O19P2S2/c1-26(2)37(65-34(71)13-16-67-35(72)17-27(3)49(67)76)31(70)18-29(7-5-14-57-52(56)77)48(75)64-30-11-9-28(10-12-30)19-81-53(78)66(4)15-6-8-36(73)86-43-41-33(85-51(43)69-25-63-39-45(55)59-23-61-47(39)69)21-83-90(80,92)88-42-40(74)32(20-82-89(79,91)87-41)84-50(42)68-24-62-38-44(54)58-22-60-46(38)68/h9-12,22-27,29,32-33,37,40-43,50-51,74H,5-8,13-21H2,1-4H3,(H,64,75)(H,65,71)(H,79,91)(H,80,92)(H2,54,58,60)(H2,55,59,61)(H3,56,57,77)/t27?,29-,32-,33-,37+,40-,41-,42-,43-,50-,51-,89?,90?/m1/s1. The van der Waals surface area contributed by atoms with Crippen LogP contribution in [0.4, 0.5) is 26.9 Å². The van der Waals surface area contributed by atoms with Gasteiger partial charge in [-0.2, -0.15) is 0 Å². The predicted octanol–water partition coefficient (Wildman–Crippen LogP) is 1.09. The topological polar surface area (TPSA) is 479 Å². The van der Waals surface area contributed by atoms with Gasteiger partial charge in [-0.25, -0.2) is 39.5 Å². The molecule has 4 fully saturated rings. The number of ketones is 1. The Labute approximate surface area is 534 Å². The van der Waals surface area contributed by atoms with Crippen molar-refractivity contribution in [2.24, 2.45) is 23.5 Å². The first-order chi connectivity index (χ1) is 43.7. The van der Waals surface area contributed by atoms with Crippen molar-refractivity contribution in [2.75, 3.05) is 56.7 Å². The summed E-state index contributed by atoms with van der Waals surface area (Å²) < 4.78 is 50.6. The number of anilines is 3. The second kappa shape index (κ2) is 29.7. The van der Waals surface area contributed by atoms with Gasteiger partial charge in [0.05, 0.1) is 31.9 Å². The number of nitrogens with one attached hydrogen (secondary N) is 3. The van der Waals surface area contributed by atoms with Crippen molar-refractivity contribution in [2.45, 2.75) is 127 Å². The SMILES string of the molecule is CC1CC(=O)N(CCC(=O)N[C@H](C(=O)C[C@@H](CCCNC(N)=O)C(=O)Nc2ccc(COC(=O)N(C)CCCC(=O)O[C@@H]3[C@@H]4OP(O)(=S)OC[C@H]5O[C@@H](n6cnc7c(N)ncnc76)[C@H](OP(O)(=S)OC[C@H]4O[C@H]3n3cnc4c(N)ncnc43)[C@@H]5O)cc2)C(C)C)C1=O. The molecule has 4 saturated heterocycles. The van der Waals surface area contributed by atoms with Crippen molar-refractivity contribution < 1.29 is 90.3 Å². The number of urea groups is 1. The van der Waals surface area contributed by atoms with Gasteiger partial charge in [0.25, 0.3) is 0 Å². The molecule has 5 aromatic rings. The molecule has 0 aliphatic carbocycles. The number of primary amides is 1. The van der Waals surface area contributed by atoms with Crippen LogP contribution in [0, 0.1) is 17.8 Å². The van der Waals surface area contributed by atoms with Crippen molar-refractivity contribution in [1.29, 1.82) is 0 Å². The van der Waals surface area contributed by atoms with Crippen LogP contribution in [0.1, 0.15) is 83.7 Å². The van der Waals surface area contributed by atoms with Crippen LogP contribution < -0.4 is 33.2 Å². The molecule has 1 aromatic carbocycles. The molecule has 2 bridgehead atoms. The van der Waals surface area contributed by atoms with E-state index in [-0.39, 0.29) is 123 Å². The number of hydrogen-bond acceptors (Lipinski definition) is 27. The molecule has 0 saturated carbocycles. The highest BCUT2D eigenvalue weighted by Gasteiger charge is 2.54. The molecule has 39 heteroatoms. The van der Waals surface area contributed by atoms with E-state index in [1.165, 1.54) is 46.4 Å². The van der Waals surface area contributed by atoms with Gasteiger partial charge < -0.3 is 80.9 Å². The third kappa shape index (κ3) is 16.7. The van der Waals surface area contributed by atoms with E-state index in [1.807, 2.05) is 0 Å². The Morgan fingerprint density at radius 1 is 0.837 bits per heavy atom. The molecule has 13 atom stereocenters. The number of hydrogen-bond donors (Lipinski definition) is 9. The van der Waals surface area contributed by atoms with Gasteiger partial charge in [0.15, 0.2) is 47.3 Å². The first-order valence-corrected chi connectivity index (χ1v) is 34.2. The summed E-state index contributed by atoms with van der Waals surface area (Å²) in [7, 11) is 1.45. The summed E-state index contributed by atoms with van der Waals surface area (Å²) >= 11 is 10.9. The third-order valence-electron chi connectivity index (χ3n) is 15.5. The lowest BCUT2D eigenvalue weighted by Gasteiger charge is -2.29. The molecule has 8 heterocycles. The number of benzene rings is 1. The number of likely N-dealkylation sites (tertiary alicyclic amines) is 1. The van der Waals surface area contributed by atoms with E-state index in [0.717, 1.165) is 4.90 Å². The quantitative estimate of drug-likeness (QED) is 0.0191. The minimum absolute atomic E-state index is 0.00590. The fourth-order valence-electron chi connectivity index (χ4n) is 10.7. The number of fused-ring (bicyclic) bond motifs is 5. The first kappa shape index (κ1) is 69.0. The van der Waals surface area contributed by atoms with E-state index in [9.17, 15) is 53.2 Å². The van der Waals surface area contributed by atoms with Crippen molar-refractivity contribution in [3.05, 3.63) is 55.1 Å². The molecule has 3 unspecified atom stereocenters. The molecule has 0 spiro atoms. The Balaban J connectivity index is 0.799. The number of esters is 1. The molecule has 7 amide bonds. The maximum Gasteiger partial charge on any atom is 0.409 e. The average Bonchev–Trinajstić information content (AvgIpc) is 1.62. The van der Waals surface area contributed by atoms with Gasteiger partial charge in [-0.05, 0) is 66.5 Å². The lowest BCUT2D eigenvalue weighted by molar-refractivity contribution is -0.158. The van der Waals surface area contributed by atoms with Gasteiger partial charge in [0.1, 0.15) is 60.8 Å². The molecule has 9 rings (SSSR count). The lowest BCUT2D eigenvalue weighted by Crippen LogP contribution is -2.46. The number of rotatable bonds is 23. The monoisotopic (exact) mass is 1360 g/mol. The van der Waals surface area contributed by atoms with E-state index in [2.05, 4.69) is 45.9 Å². The number of amides is 7. The van der Waals surface area contributed by atoms with Crippen molar-refractivity contribution in [1.82, 2.24) is 59.5 Å². The summed E-state index contributed by atoms with van der Waals surface area (Å²) in [5.41, 5.74) is 18.9. The maximum atomic E-state index is 13.9. The number of nitrogen functional groups attached to an aromatic ring is 2. The highest BCUT2D eigenvalue weighted by Crippen LogP contribution is 2.54. The summed E-state index contributed by atoms with van der Waals surface area (Å²) in [5, 5.41) is 19.5. The number of aliphatic hydroxyl groups is 1. The largest absolute Gasteiger partial charge is 0.455 e. The minimum Gasteiger partial charge on any atom is -0.455 e. The highest BCUT2D eigenvalue weighted by molar-refractivity contribution is 8.07. The Kier molecular flexibility index (Phi) is 22.3. The van der Waals surface area contributed by atoms with Crippen LogP contribution in [0.3, 0.4) is 0 Å². The Bertz CT molecular complexity index is 3680. The van der Waals surface area contributed by atoms with Crippen molar-refractivity contribution >= 4 is 124 Å².